The lowest BCUT2D eigenvalue weighted by Gasteiger charge is -2.30. The third-order valence-corrected chi connectivity index (χ3v) is 6.96. The number of amides is 1. The van der Waals surface area contributed by atoms with Crippen LogP contribution >= 0.6 is 11.3 Å². The van der Waals surface area contributed by atoms with Crippen molar-refractivity contribution in [1.29, 1.82) is 0 Å². The molecule has 0 aliphatic carbocycles. The van der Waals surface area contributed by atoms with Crippen LogP contribution in [-0.2, 0) is 7.05 Å². The fraction of sp³-hybridized carbons (Fsp3) is 0.348. The van der Waals surface area contributed by atoms with Crippen molar-refractivity contribution in [2.24, 2.45) is 7.05 Å². The SMILES string of the molecule is Cn1cc(-c2ccc3nnc(NC(=O)c4csc(C5CCN(CCF)CC5)n4)cc3c2)cn1. The number of aryl methyl sites for hydroxylation is 1. The van der Waals surface area contributed by atoms with E-state index in [1.54, 1.807) is 10.1 Å². The molecular formula is C23H24FN7OS. The standard InChI is InChI=1S/C23H24FN7OS/c1-30-13-18(12-25-30)16-2-3-19-17(10-16)11-21(29-28-19)27-22(32)20-14-33-23(26-20)15-4-7-31(8-5-15)9-6-24/h2-3,10-15H,4-9H2,1H3,(H,27,29,32). The summed E-state index contributed by atoms with van der Waals surface area (Å²) in [6.45, 7) is 1.91. The Morgan fingerprint density at radius 2 is 2.06 bits per heavy atom. The lowest BCUT2D eigenvalue weighted by Crippen LogP contribution is -2.34. The van der Waals surface area contributed by atoms with Gasteiger partial charge in [-0.1, -0.05) is 6.07 Å². The van der Waals surface area contributed by atoms with E-state index < -0.39 is 0 Å². The molecule has 4 heterocycles. The lowest BCUT2D eigenvalue weighted by atomic mass is 9.97. The smallest absolute Gasteiger partial charge is 0.276 e. The quantitative estimate of drug-likeness (QED) is 0.465. The van der Waals surface area contributed by atoms with Crippen molar-refractivity contribution in [1.82, 2.24) is 29.9 Å². The number of nitrogens with zero attached hydrogens (tertiary/aromatic N) is 6. The number of hydrogen-bond donors (Lipinski definition) is 1. The number of benzene rings is 1. The molecule has 1 N–H and O–H groups in total. The van der Waals surface area contributed by atoms with Crippen molar-refractivity contribution in [2.75, 3.05) is 31.6 Å². The normalized spacial score (nSPS) is 15.2. The highest BCUT2D eigenvalue weighted by Gasteiger charge is 2.24. The first-order valence-corrected chi connectivity index (χ1v) is 11.8. The number of aromatic nitrogens is 5. The monoisotopic (exact) mass is 465 g/mol. The van der Waals surface area contributed by atoms with Gasteiger partial charge in [-0.2, -0.15) is 5.10 Å². The van der Waals surface area contributed by atoms with E-state index in [2.05, 4.69) is 30.5 Å². The molecule has 0 saturated carbocycles. The van der Waals surface area contributed by atoms with E-state index in [1.165, 1.54) is 11.3 Å². The number of likely N-dealkylation sites (tertiary alicyclic amines) is 1. The molecule has 0 atom stereocenters. The summed E-state index contributed by atoms with van der Waals surface area (Å²) in [7, 11) is 1.88. The zero-order valence-electron chi connectivity index (χ0n) is 18.2. The van der Waals surface area contributed by atoms with E-state index in [0.29, 0.717) is 24.0 Å². The zero-order valence-corrected chi connectivity index (χ0v) is 19.1. The van der Waals surface area contributed by atoms with Gasteiger partial charge in [-0.3, -0.25) is 9.48 Å². The van der Waals surface area contributed by atoms with E-state index in [4.69, 9.17) is 0 Å². The molecule has 5 rings (SSSR count). The molecule has 170 valence electrons. The molecule has 1 aliphatic rings. The summed E-state index contributed by atoms with van der Waals surface area (Å²) >= 11 is 1.51. The van der Waals surface area contributed by atoms with Crippen LogP contribution < -0.4 is 5.32 Å². The minimum atomic E-state index is -0.311. The van der Waals surface area contributed by atoms with Gasteiger partial charge in [-0.15, -0.1) is 21.5 Å². The Balaban J connectivity index is 1.28. The van der Waals surface area contributed by atoms with Crippen molar-refractivity contribution in [3.63, 3.8) is 0 Å². The average Bonchev–Trinajstić information content (AvgIpc) is 3.49. The number of carbonyl (C=O) groups is 1. The summed E-state index contributed by atoms with van der Waals surface area (Å²) in [6.07, 6.45) is 5.63. The molecule has 33 heavy (non-hydrogen) atoms. The van der Waals surface area contributed by atoms with Crippen LogP contribution in [0.5, 0.6) is 0 Å². The second-order valence-corrected chi connectivity index (χ2v) is 9.13. The number of piperidine rings is 1. The highest BCUT2D eigenvalue weighted by molar-refractivity contribution is 7.10. The van der Waals surface area contributed by atoms with Gasteiger partial charge in [0.2, 0.25) is 0 Å². The van der Waals surface area contributed by atoms with E-state index in [0.717, 1.165) is 53.0 Å². The van der Waals surface area contributed by atoms with Gasteiger partial charge in [-0.05, 0) is 49.7 Å². The highest BCUT2D eigenvalue weighted by atomic mass is 32.1. The number of halogens is 1. The lowest BCUT2D eigenvalue weighted by molar-refractivity contribution is 0.102. The number of carbonyl (C=O) groups excluding carboxylic acids is 1. The first kappa shape index (κ1) is 21.6. The predicted molar refractivity (Wildman–Crippen MR) is 126 cm³/mol. The molecule has 1 amide bonds. The van der Waals surface area contributed by atoms with E-state index in [-0.39, 0.29) is 12.6 Å². The molecule has 1 fully saturated rings. The van der Waals surface area contributed by atoms with Gasteiger partial charge in [0.15, 0.2) is 5.82 Å². The maximum absolute atomic E-state index is 12.8. The Hall–Kier alpha value is -3.24. The molecule has 1 aliphatic heterocycles. The average molecular weight is 466 g/mol. The van der Waals surface area contributed by atoms with E-state index >= 15 is 0 Å². The molecular weight excluding hydrogens is 441 g/mol. The highest BCUT2D eigenvalue weighted by Crippen LogP contribution is 2.30. The van der Waals surface area contributed by atoms with E-state index in [9.17, 15) is 9.18 Å². The molecule has 0 spiro atoms. The summed E-state index contributed by atoms with van der Waals surface area (Å²) in [5.74, 6) is 0.396. The third-order valence-electron chi connectivity index (χ3n) is 5.96. The van der Waals surface area contributed by atoms with Crippen molar-refractivity contribution < 1.29 is 9.18 Å². The van der Waals surface area contributed by atoms with Crippen LogP contribution in [0.25, 0.3) is 22.0 Å². The largest absolute Gasteiger partial charge is 0.304 e. The molecule has 1 saturated heterocycles. The Bertz CT molecular complexity index is 1280. The van der Waals surface area contributed by atoms with Gasteiger partial charge >= 0.3 is 0 Å². The van der Waals surface area contributed by atoms with Crippen molar-refractivity contribution in [3.8, 4) is 11.1 Å². The molecule has 0 radical (unpaired) electrons. The Morgan fingerprint density at radius 3 is 2.82 bits per heavy atom. The molecule has 8 nitrogen and oxygen atoms in total. The minimum absolute atomic E-state index is 0.301. The Labute approximate surface area is 194 Å². The Morgan fingerprint density at radius 1 is 1.21 bits per heavy atom. The molecule has 1 aromatic carbocycles. The summed E-state index contributed by atoms with van der Waals surface area (Å²) in [4.78, 5) is 19.5. The zero-order chi connectivity index (χ0) is 22.8. The number of hydrogen-bond acceptors (Lipinski definition) is 7. The summed E-state index contributed by atoms with van der Waals surface area (Å²) in [6, 6.07) is 7.70. The van der Waals surface area contributed by atoms with Crippen LogP contribution in [0, 0.1) is 0 Å². The van der Waals surface area contributed by atoms with Crippen LogP contribution in [0.2, 0.25) is 0 Å². The number of alkyl halides is 1. The van der Waals surface area contributed by atoms with Crippen LogP contribution in [-0.4, -0.2) is 62.1 Å². The van der Waals surface area contributed by atoms with Gasteiger partial charge in [0.25, 0.3) is 5.91 Å². The van der Waals surface area contributed by atoms with Crippen molar-refractivity contribution in [3.05, 3.63) is 52.7 Å². The fourth-order valence-electron chi connectivity index (χ4n) is 4.14. The number of nitrogens with one attached hydrogen (secondary N) is 1. The predicted octanol–water partition coefficient (Wildman–Crippen LogP) is 3.89. The van der Waals surface area contributed by atoms with Crippen molar-refractivity contribution in [2.45, 2.75) is 18.8 Å². The minimum Gasteiger partial charge on any atom is -0.304 e. The Kier molecular flexibility index (Phi) is 6.10. The maximum Gasteiger partial charge on any atom is 0.276 e. The van der Waals surface area contributed by atoms with Crippen LogP contribution in [0.3, 0.4) is 0 Å². The van der Waals surface area contributed by atoms with Gasteiger partial charge in [-0.25, -0.2) is 9.37 Å². The molecule has 10 heteroatoms. The number of anilines is 1. The second kappa shape index (κ2) is 9.32. The van der Waals surface area contributed by atoms with E-state index in [1.807, 2.05) is 43.7 Å². The fourth-order valence-corrected chi connectivity index (χ4v) is 5.11. The van der Waals surface area contributed by atoms with Crippen LogP contribution in [0.1, 0.15) is 34.3 Å². The second-order valence-electron chi connectivity index (χ2n) is 8.24. The van der Waals surface area contributed by atoms with Crippen LogP contribution in [0.4, 0.5) is 10.2 Å². The molecule has 3 aromatic heterocycles. The maximum atomic E-state index is 12.8. The summed E-state index contributed by atoms with van der Waals surface area (Å²) < 4.78 is 14.3. The van der Waals surface area contributed by atoms with Crippen molar-refractivity contribution >= 4 is 34.0 Å². The first-order valence-electron chi connectivity index (χ1n) is 10.9. The molecule has 0 bridgehead atoms. The van der Waals surface area contributed by atoms with Crippen LogP contribution in [0.15, 0.2) is 42.0 Å². The molecule has 0 unspecified atom stereocenters. The topological polar surface area (TPSA) is 88.8 Å². The van der Waals surface area contributed by atoms with Gasteiger partial charge < -0.3 is 10.2 Å². The molecule has 4 aromatic rings. The number of rotatable bonds is 6. The number of fused-ring (bicyclic) bond motifs is 1. The first-order chi connectivity index (χ1) is 16.1. The van der Waals surface area contributed by atoms with Gasteiger partial charge in [0.1, 0.15) is 12.4 Å². The van der Waals surface area contributed by atoms with Gasteiger partial charge in [0, 0.05) is 42.0 Å². The van der Waals surface area contributed by atoms with Gasteiger partial charge in [0.05, 0.1) is 16.7 Å². The summed E-state index contributed by atoms with van der Waals surface area (Å²) in [5.41, 5.74) is 3.15. The number of thiazole rings is 1. The summed E-state index contributed by atoms with van der Waals surface area (Å²) in [5, 5.41) is 19.0. The third kappa shape index (κ3) is 4.76.